The maximum atomic E-state index is 12.9. The zero-order valence-corrected chi connectivity index (χ0v) is 12.9. The van der Waals surface area contributed by atoms with Crippen LogP contribution in [0.1, 0.15) is 35.4 Å². The van der Waals surface area contributed by atoms with E-state index >= 15 is 0 Å². The fourth-order valence-electron chi connectivity index (χ4n) is 3.26. The molecule has 2 atom stereocenters. The summed E-state index contributed by atoms with van der Waals surface area (Å²) in [6.07, 6.45) is -8.52. The monoisotopic (exact) mass is 351 g/mol. The molecule has 0 radical (unpaired) electrons. The summed E-state index contributed by atoms with van der Waals surface area (Å²) in [7, 11) is 1.93. The second-order valence-corrected chi connectivity index (χ2v) is 6.38. The molecule has 132 valence electrons. The minimum atomic E-state index is -4.80. The van der Waals surface area contributed by atoms with Crippen molar-refractivity contribution in [2.45, 2.75) is 43.3 Å². The Kier molecular flexibility index (Phi) is 4.36. The van der Waals surface area contributed by atoms with Gasteiger partial charge >= 0.3 is 12.4 Å². The van der Waals surface area contributed by atoms with E-state index in [1.54, 1.807) is 0 Å². The molecule has 1 aromatic carbocycles. The van der Waals surface area contributed by atoms with Gasteiger partial charge in [0.15, 0.2) is 0 Å². The highest BCUT2D eigenvalue weighted by atomic mass is 19.4. The lowest BCUT2D eigenvalue weighted by Crippen LogP contribution is -2.36. The minimum Gasteiger partial charge on any atom is -0.363 e. The van der Waals surface area contributed by atoms with Gasteiger partial charge in [0.25, 0.3) is 0 Å². The number of halogens is 6. The van der Waals surface area contributed by atoms with Crippen LogP contribution in [-0.4, -0.2) is 38.1 Å². The van der Waals surface area contributed by atoms with Crippen LogP contribution >= 0.6 is 0 Å². The highest BCUT2D eigenvalue weighted by molar-refractivity contribution is 6.12. The first kappa shape index (κ1) is 17.6. The van der Waals surface area contributed by atoms with Crippen LogP contribution < -0.4 is 0 Å². The zero-order chi connectivity index (χ0) is 17.7. The summed E-state index contributed by atoms with van der Waals surface area (Å²) in [4.78, 5) is 2.08. The summed E-state index contributed by atoms with van der Waals surface area (Å²) in [6.45, 7) is 1.22. The van der Waals surface area contributed by atoms with Crippen LogP contribution in [0.25, 0.3) is 0 Å². The molecule has 2 unspecified atom stereocenters. The van der Waals surface area contributed by atoms with Crippen LogP contribution in [-0.2, 0) is 17.1 Å². The van der Waals surface area contributed by atoms with Gasteiger partial charge in [-0.1, -0.05) is 0 Å². The second-order valence-electron chi connectivity index (χ2n) is 6.38. The normalized spacial score (nSPS) is 26.6. The van der Waals surface area contributed by atoms with E-state index in [9.17, 15) is 26.3 Å². The van der Waals surface area contributed by atoms with Crippen molar-refractivity contribution in [2.24, 2.45) is 0 Å². The molecule has 3 rings (SSSR count). The van der Waals surface area contributed by atoms with Gasteiger partial charge in [-0.15, -0.1) is 0 Å². The Bertz CT molecular complexity index is 577. The summed E-state index contributed by atoms with van der Waals surface area (Å²) in [5.41, 5.74) is -2.37. The predicted molar refractivity (Wildman–Crippen MR) is 77.2 cm³/mol. The molecule has 0 spiro atoms. The van der Waals surface area contributed by atoms with Gasteiger partial charge in [-0.3, -0.25) is 4.90 Å². The molecule has 0 saturated carbocycles. The van der Waals surface area contributed by atoms with E-state index in [1.807, 2.05) is 7.85 Å². The number of alkyl halides is 6. The number of rotatable bonds is 2. The van der Waals surface area contributed by atoms with E-state index in [0.717, 1.165) is 12.1 Å². The molecule has 0 N–H and O–H groups in total. The first-order valence-electron chi connectivity index (χ1n) is 7.74. The van der Waals surface area contributed by atoms with Crippen LogP contribution in [0.4, 0.5) is 26.3 Å². The van der Waals surface area contributed by atoms with Gasteiger partial charge in [0, 0.05) is 13.1 Å². The number of epoxide rings is 1. The molecule has 0 bridgehead atoms. The first-order chi connectivity index (χ1) is 11.1. The molecule has 0 amide bonds. The van der Waals surface area contributed by atoms with E-state index < -0.39 is 23.5 Å². The largest absolute Gasteiger partial charge is 0.416 e. The van der Waals surface area contributed by atoms with E-state index in [2.05, 4.69) is 4.90 Å². The van der Waals surface area contributed by atoms with Crippen LogP contribution in [0.5, 0.6) is 0 Å². The molecule has 2 fully saturated rings. The van der Waals surface area contributed by atoms with E-state index in [4.69, 9.17) is 4.74 Å². The molecular formula is C15H16BF6NO. The lowest BCUT2D eigenvalue weighted by Gasteiger charge is -2.31. The first-order valence-corrected chi connectivity index (χ1v) is 7.74. The summed E-state index contributed by atoms with van der Waals surface area (Å²) in [5, 5.41) is 0. The Balaban J connectivity index is 1.82. The van der Waals surface area contributed by atoms with Gasteiger partial charge < -0.3 is 4.74 Å². The van der Waals surface area contributed by atoms with Crippen molar-refractivity contribution in [2.75, 3.05) is 13.1 Å². The quantitative estimate of drug-likeness (QED) is 0.462. The van der Waals surface area contributed by atoms with Crippen molar-refractivity contribution < 1.29 is 31.1 Å². The average Bonchev–Trinajstić information content (AvgIpc) is 3.22. The van der Waals surface area contributed by atoms with E-state index in [1.165, 1.54) is 0 Å². The zero-order valence-electron chi connectivity index (χ0n) is 12.9. The minimum absolute atomic E-state index is 0.0400. The Hall–Kier alpha value is -1.22. The van der Waals surface area contributed by atoms with Crippen molar-refractivity contribution in [3.8, 4) is 0 Å². The molecule has 9 heteroatoms. The topological polar surface area (TPSA) is 15.8 Å². The molecule has 2 saturated heterocycles. The van der Waals surface area contributed by atoms with Crippen LogP contribution in [0.2, 0.25) is 0 Å². The van der Waals surface area contributed by atoms with Crippen molar-refractivity contribution in [1.82, 2.24) is 4.90 Å². The molecule has 2 aliphatic rings. The summed E-state index contributed by atoms with van der Waals surface area (Å²) < 4.78 is 82.9. The van der Waals surface area contributed by atoms with Gasteiger partial charge in [0.2, 0.25) is 0 Å². The molecule has 2 nitrogen and oxygen atoms in total. The summed E-state index contributed by atoms with van der Waals surface area (Å²) in [5.74, 6) is -0.307. The third-order valence-electron chi connectivity index (χ3n) is 4.65. The number of hydrogen-bond donors (Lipinski definition) is 0. The smallest absolute Gasteiger partial charge is 0.363 e. The number of likely N-dealkylation sites (tertiary alicyclic amines) is 1. The number of nitrogens with zero attached hydrogens (tertiary/aromatic N) is 1. The number of piperidine rings is 1. The summed E-state index contributed by atoms with van der Waals surface area (Å²) >= 11 is 0. The highest BCUT2D eigenvalue weighted by Crippen LogP contribution is 2.40. The molecule has 2 aliphatic heterocycles. The lowest BCUT2D eigenvalue weighted by atomic mass is 9.87. The van der Waals surface area contributed by atoms with E-state index in [-0.39, 0.29) is 29.8 Å². The molecule has 0 aliphatic carbocycles. The third-order valence-corrected chi connectivity index (χ3v) is 4.65. The number of hydrogen-bond acceptors (Lipinski definition) is 2. The summed E-state index contributed by atoms with van der Waals surface area (Å²) in [6, 6.07) is 2.03. The Morgan fingerprint density at radius 1 is 0.917 bits per heavy atom. The van der Waals surface area contributed by atoms with Crippen LogP contribution in [0.15, 0.2) is 18.2 Å². The van der Waals surface area contributed by atoms with Crippen LogP contribution in [0, 0.1) is 0 Å². The van der Waals surface area contributed by atoms with Crippen molar-refractivity contribution >= 4 is 7.85 Å². The third kappa shape index (κ3) is 3.72. The molecule has 24 heavy (non-hydrogen) atoms. The van der Waals surface area contributed by atoms with Crippen molar-refractivity contribution in [1.29, 1.82) is 0 Å². The van der Waals surface area contributed by atoms with Gasteiger partial charge in [0.05, 0.1) is 17.1 Å². The maximum Gasteiger partial charge on any atom is 0.416 e. The van der Waals surface area contributed by atoms with Gasteiger partial charge in [-0.05, 0) is 42.5 Å². The SMILES string of the molecule is BC1OC1N1CCC(c2cc(C(F)(F)F)cc(C(F)(F)F)c2)CC1. The highest BCUT2D eigenvalue weighted by Gasteiger charge is 2.41. The van der Waals surface area contributed by atoms with Gasteiger partial charge in [-0.25, -0.2) is 0 Å². The number of ether oxygens (including phenoxy) is 1. The maximum absolute atomic E-state index is 12.9. The average molecular weight is 351 g/mol. The molecular weight excluding hydrogens is 335 g/mol. The Morgan fingerprint density at radius 3 is 1.75 bits per heavy atom. The van der Waals surface area contributed by atoms with Gasteiger partial charge in [0.1, 0.15) is 14.1 Å². The van der Waals surface area contributed by atoms with Crippen molar-refractivity contribution in [3.05, 3.63) is 34.9 Å². The molecule has 1 aromatic rings. The number of benzene rings is 1. The van der Waals surface area contributed by atoms with E-state index in [0.29, 0.717) is 25.9 Å². The fraction of sp³-hybridized carbons (Fsp3) is 0.600. The van der Waals surface area contributed by atoms with Crippen molar-refractivity contribution in [3.63, 3.8) is 0 Å². The lowest BCUT2D eigenvalue weighted by molar-refractivity contribution is -0.143. The predicted octanol–water partition coefficient (Wildman–Crippen LogP) is 3.22. The fourth-order valence-corrected chi connectivity index (χ4v) is 3.26. The standard InChI is InChI=1S/C15H16BF6NO/c16-12-13(24-12)23-3-1-8(2-4-23)9-5-10(14(17,18)19)7-11(6-9)15(20,21)22/h5-8,12-13H,1-4,16H2. The molecule has 2 heterocycles. The molecule has 0 aromatic heterocycles. The van der Waals surface area contributed by atoms with Gasteiger partial charge in [-0.2, -0.15) is 26.3 Å². The Morgan fingerprint density at radius 2 is 1.38 bits per heavy atom. The Labute approximate surface area is 136 Å². The second kappa shape index (κ2) is 5.95. The van der Waals surface area contributed by atoms with Crippen LogP contribution in [0.3, 0.4) is 0 Å².